The van der Waals surface area contributed by atoms with Crippen molar-refractivity contribution in [3.8, 4) is 0 Å². The normalized spacial score (nSPS) is 21.5. The van der Waals surface area contributed by atoms with Crippen LogP contribution in [-0.2, 0) is 4.74 Å². The second kappa shape index (κ2) is 7.04. The molecule has 116 valence electrons. The third kappa shape index (κ3) is 4.28. The molecule has 0 unspecified atom stereocenters. The number of aliphatic hydroxyl groups excluding tert-OH is 1. The van der Waals surface area contributed by atoms with E-state index < -0.39 is 0 Å². The van der Waals surface area contributed by atoms with Gasteiger partial charge in [0.05, 0.1) is 11.8 Å². The fourth-order valence-corrected chi connectivity index (χ4v) is 2.53. The fraction of sp³-hybridized carbons (Fsp3) is 0.733. The Morgan fingerprint density at radius 2 is 2.14 bits per heavy atom. The molecular formula is C15H24N4O2. The van der Waals surface area contributed by atoms with E-state index >= 15 is 0 Å². The van der Waals surface area contributed by atoms with E-state index in [1.54, 1.807) is 0 Å². The summed E-state index contributed by atoms with van der Waals surface area (Å²) in [6.45, 7) is 2.55. The SMILES string of the molecule is OCCCNc1nc(NC[C@@H]2CCCO2)cc(C2CC2)n1. The van der Waals surface area contributed by atoms with Gasteiger partial charge in [-0.2, -0.15) is 4.98 Å². The summed E-state index contributed by atoms with van der Waals surface area (Å²) in [5.74, 6) is 2.12. The van der Waals surface area contributed by atoms with Gasteiger partial charge in [0.25, 0.3) is 0 Å². The van der Waals surface area contributed by atoms with Crippen molar-refractivity contribution in [3.05, 3.63) is 11.8 Å². The van der Waals surface area contributed by atoms with Gasteiger partial charge in [-0.15, -0.1) is 0 Å². The molecule has 21 heavy (non-hydrogen) atoms. The molecule has 0 spiro atoms. The lowest BCUT2D eigenvalue weighted by atomic mass is 10.2. The van der Waals surface area contributed by atoms with Crippen LogP contribution in [0, 0.1) is 0 Å². The van der Waals surface area contributed by atoms with Crippen molar-refractivity contribution in [2.75, 3.05) is 36.9 Å². The molecule has 6 heteroatoms. The quantitative estimate of drug-likeness (QED) is 0.633. The summed E-state index contributed by atoms with van der Waals surface area (Å²) in [5.41, 5.74) is 1.12. The second-order valence-corrected chi connectivity index (χ2v) is 5.80. The van der Waals surface area contributed by atoms with E-state index in [0.29, 0.717) is 30.9 Å². The van der Waals surface area contributed by atoms with E-state index in [1.807, 2.05) is 0 Å². The molecule has 1 atom stereocenters. The number of ether oxygens (including phenoxy) is 1. The average Bonchev–Trinajstić information content (AvgIpc) is 3.22. The predicted octanol–water partition coefficient (Wildman–Crippen LogP) is 1.74. The van der Waals surface area contributed by atoms with Gasteiger partial charge in [-0.1, -0.05) is 0 Å². The molecule has 1 aromatic heterocycles. The van der Waals surface area contributed by atoms with Gasteiger partial charge in [-0.25, -0.2) is 4.98 Å². The Kier molecular flexibility index (Phi) is 4.87. The van der Waals surface area contributed by atoms with Crippen LogP contribution in [0.5, 0.6) is 0 Å². The van der Waals surface area contributed by atoms with Gasteiger partial charge in [0.2, 0.25) is 5.95 Å². The number of hydrogen-bond donors (Lipinski definition) is 3. The minimum absolute atomic E-state index is 0.180. The Labute approximate surface area is 125 Å². The van der Waals surface area contributed by atoms with Gasteiger partial charge in [-0.3, -0.25) is 0 Å². The summed E-state index contributed by atoms with van der Waals surface area (Å²) in [6.07, 6.45) is 5.72. The van der Waals surface area contributed by atoms with Crippen LogP contribution in [0.25, 0.3) is 0 Å². The van der Waals surface area contributed by atoms with Gasteiger partial charge in [0, 0.05) is 38.3 Å². The molecule has 3 N–H and O–H groups in total. The lowest BCUT2D eigenvalue weighted by molar-refractivity contribution is 0.120. The van der Waals surface area contributed by atoms with Gasteiger partial charge in [0.15, 0.2) is 0 Å². The summed E-state index contributed by atoms with van der Waals surface area (Å²) in [7, 11) is 0. The third-order valence-corrected chi connectivity index (χ3v) is 3.89. The molecule has 2 heterocycles. The molecule has 6 nitrogen and oxygen atoms in total. The molecule has 3 rings (SSSR count). The van der Waals surface area contributed by atoms with Crippen molar-refractivity contribution < 1.29 is 9.84 Å². The van der Waals surface area contributed by atoms with Crippen LogP contribution in [0.3, 0.4) is 0 Å². The molecule has 0 amide bonds. The molecule has 0 bridgehead atoms. The third-order valence-electron chi connectivity index (χ3n) is 3.89. The fourth-order valence-electron chi connectivity index (χ4n) is 2.53. The molecule has 0 aromatic carbocycles. The van der Waals surface area contributed by atoms with Crippen LogP contribution in [0.4, 0.5) is 11.8 Å². The summed E-state index contributed by atoms with van der Waals surface area (Å²) in [5, 5.41) is 15.4. The highest BCUT2D eigenvalue weighted by molar-refractivity contribution is 5.44. The Morgan fingerprint density at radius 3 is 2.86 bits per heavy atom. The number of rotatable bonds is 8. The molecule has 2 aliphatic rings. The average molecular weight is 292 g/mol. The molecule has 1 aliphatic carbocycles. The highest BCUT2D eigenvalue weighted by Crippen LogP contribution is 2.39. The minimum atomic E-state index is 0.180. The number of aromatic nitrogens is 2. The largest absolute Gasteiger partial charge is 0.396 e. The highest BCUT2D eigenvalue weighted by atomic mass is 16.5. The molecule has 1 aliphatic heterocycles. The zero-order chi connectivity index (χ0) is 14.5. The van der Waals surface area contributed by atoms with Crippen molar-refractivity contribution >= 4 is 11.8 Å². The first-order valence-electron chi connectivity index (χ1n) is 7.94. The Morgan fingerprint density at radius 1 is 1.24 bits per heavy atom. The van der Waals surface area contributed by atoms with Crippen molar-refractivity contribution in [1.29, 1.82) is 0 Å². The zero-order valence-electron chi connectivity index (χ0n) is 12.3. The minimum Gasteiger partial charge on any atom is -0.396 e. The molecule has 1 aromatic rings. The second-order valence-electron chi connectivity index (χ2n) is 5.80. The van der Waals surface area contributed by atoms with E-state index in [4.69, 9.17) is 9.84 Å². The van der Waals surface area contributed by atoms with Crippen LogP contribution in [0.15, 0.2) is 6.07 Å². The lowest BCUT2D eigenvalue weighted by Crippen LogP contribution is -2.19. The van der Waals surface area contributed by atoms with E-state index in [2.05, 4.69) is 26.7 Å². The van der Waals surface area contributed by atoms with Gasteiger partial charge < -0.3 is 20.5 Å². The Hall–Kier alpha value is -1.40. The summed E-state index contributed by atoms with van der Waals surface area (Å²) in [6, 6.07) is 2.06. The maximum Gasteiger partial charge on any atom is 0.224 e. The maximum atomic E-state index is 8.85. The standard InChI is InChI=1S/C15H24N4O2/c20-7-2-6-16-15-18-13(11-4-5-11)9-14(19-15)17-10-12-3-1-8-21-12/h9,11-12,20H,1-8,10H2,(H2,16,17,18,19)/t12-/m0/s1. The predicted molar refractivity (Wildman–Crippen MR) is 81.7 cm³/mol. The molecule has 2 fully saturated rings. The number of anilines is 2. The van der Waals surface area contributed by atoms with E-state index in [9.17, 15) is 0 Å². The number of aliphatic hydroxyl groups is 1. The van der Waals surface area contributed by atoms with Crippen molar-refractivity contribution in [2.45, 2.75) is 44.1 Å². The van der Waals surface area contributed by atoms with Crippen LogP contribution >= 0.6 is 0 Å². The highest BCUT2D eigenvalue weighted by Gasteiger charge is 2.26. The molecule has 0 radical (unpaired) electrons. The van der Waals surface area contributed by atoms with Gasteiger partial charge >= 0.3 is 0 Å². The topological polar surface area (TPSA) is 79.3 Å². The van der Waals surface area contributed by atoms with Crippen LogP contribution in [-0.4, -0.2) is 47.5 Å². The van der Waals surface area contributed by atoms with Crippen LogP contribution in [0.2, 0.25) is 0 Å². The van der Waals surface area contributed by atoms with Crippen LogP contribution < -0.4 is 10.6 Å². The van der Waals surface area contributed by atoms with Crippen LogP contribution in [0.1, 0.15) is 43.7 Å². The number of nitrogens with zero attached hydrogens (tertiary/aromatic N) is 2. The number of hydrogen-bond acceptors (Lipinski definition) is 6. The van der Waals surface area contributed by atoms with Gasteiger partial charge in [0.1, 0.15) is 5.82 Å². The Balaban J connectivity index is 1.62. The van der Waals surface area contributed by atoms with E-state index in [1.165, 1.54) is 12.8 Å². The first-order valence-corrected chi connectivity index (χ1v) is 7.94. The smallest absolute Gasteiger partial charge is 0.224 e. The molecule has 1 saturated carbocycles. The van der Waals surface area contributed by atoms with Gasteiger partial charge in [-0.05, 0) is 32.1 Å². The monoisotopic (exact) mass is 292 g/mol. The first kappa shape index (κ1) is 14.5. The summed E-state index contributed by atoms with van der Waals surface area (Å²) < 4.78 is 5.63. The van der Waals surface area contributed by atoms with Crippen molar-refractivity contribution in [3.63, 3.8) is 0 Å². The van der Waals surface area contributed by atoms with E-state index in [0.717, 1.165) is 37.5 Å². The lowest BCUT2D eigenvalue weighted by Gasteiger charge is -2.13. The zero-order valence-corrected chi connectivity index (χ0v) is 12.3. The summed E-state index contributed by atoms with van der Waals surface area (Å²) >= 11 is 0. The molecular weight excluding hydrogens is 268 g/mol. The van der Waals surface area contributed by atoms with Crippen molar-refractivity contribution in [1.82, 2.24) is 9.97 Å². The van der Waals surface area contributed by atoms with E-state index in [-0.39, 0.29) is 6.61 Å². The van der Waals surface area contributed by atoms with Crippen molar-refractivity contribution in [2.24, 2.45) is 0 Å². The maximum absolute atomic E-state index is 8.85. The number of nitrogens with one attached hydrogen (secondary N) is 2. The summed E-state index contributed by atoms with van der Waals surface area (Å²) in [4.78, 5) is 9.08. The Bertz CT molecular complexity index is 459. The first-order chi connectivity index (χ1) is 10.3. The molecule has 1 saturated heterocycles.